The normalized spacial score (nSPS) is 14.5. The van der Waals surface area contributed by atoms with E-state index in [-0.39, 0.29) is 11.9 Å². The molecule has 2 unspecified atom stereocenters. The minimum absolute atomic E-state index is 0.347. The molecule has 2 amide bonds. The van der Waals surface area contributed by atoms with Crippen LogP contribution in [0.3, 0.4) is 0 Å². The van der Waals surface area contributed by atoms with Crippen LogP contribution < -0.4 is 22.5 Å². The molecular formula is C8H18N4O2S. The van der Waals surface area contributed by atoms with Crippen molar-refractivity contribution in [2.24, 2.45) is 17.2 Å². The average molecular weight is 234 g/mol. The lowest BCUT2D eigenvalue weighted by Crippen LogP contribution is -2.41. The predicted molar refractivity (Wildman–Crippen MR) is 61.2 cm³/mol. The van der Waals surface area contributed by atoms with E-state index < -0.39 is 11.9 Å². The first-order valence-corrected chi connectivity index (χ1v) is 5.73. The molecule has 0 rings (SSSR count). The Kier molecular flexibility index (Phi) is 7.10. The van der Waals surface area contributed by atoms with E-state index in [0.29, 0.717) is 17.9 Å². The van der Waals surface area contributed by atoms with Gasteiger partial charge in [0, 0.05) is 5.75 Å². The minimum atomic E-state index is -0.612. The molecule has 7 N–H and O–H groups in total. The zero-order valence-corrected chi connectivity index (χ0v) is 9.55. The van der Waals surface area contributed by atoms with E-state index >= 15 is 0 Å². The molecule has 2 atom stereocenters. The number of carbonyl (C=O) groups excluding carboxylic acids is 2. The molecule has 0 aromatic carbocycles. The molecule has 88 valence electrons. The summed E-state index contributed by atoms with van der Waals surface area (Å²) < 4.78 is 0. The summed E-state index contributed by atoms with van der Waals surface area (Å²) in [4.78, 5) is 21.4. The van der Waals surface area contributed by atoms with Gasteiger partial charge >= 0.3 is 0 Å². The fraction of sp³-hybridized carbons (Fsp3) is 0.750. The summed E-state index contributed by atoms with van der Waals surface area (Å²) >= 11 is 1.51. The quantitative estimate of drug-likeness (QED) is 0.361. The summed E-state index contributed by atoms with van der Waals surface area (Å²) in [5, 5.41) is 2.79. The molecule has 0 aromatic heterocycles. The first kappa shape index (κ1) is 14.2. The van der Waals surface area contributed by atoms with Crippen molar-refractivity contribution in [2.45, 2.75) is 18.5 Å². The van der Waals surface area contributed by atoms with Gasteiger partial charge in [-0.05, 0) is 19.2 Å². The fourth-order valence-corrected chi connectivity index (χ4v) is 2.02. The second-order valence-electron chi connectivity index (χ2n) is 3.12. The van der Waals surface area contributed by atoms with E-state index in [1.807, 2.05) is 0 Å². The van der Waals surface area contributed by atoms with Crippen molar-refractivity contribution in [1.29, 1.82) is 0 Å². The largest absolute Gasteiger partial charge is 0.368 e. The van der Waals surface area contributed by atoms with Crippen LogP contribution in [0.5, 0.6) is 0 Å². The van der Waals surface area contributed by atoms with Crippen molar-refractivity contribution in [3.8, 4) is 0 Å². The van der Waals surface area contributed by atoms with E-state index in [2.05, 4.69) is 5.32 Å². The van der Waals surface area contributed by atoms with E-state index in [1.54, 1.807) is 7.05 Å². The summed E-state index contributed by atoms with van der Waals surface area (Å²) in [7, 11) is 1.67. The van der Waals surface area contributed by atoms with E-state index in [9.17, 15) is 9.59 Å². The van der Waals surface area contributed by atoms with Crippen LogP contribution in [0.1, 0.15) is 6.42 Å². The summed E-state index contributed by atoms with van der Waals surface area (Å²) in [6, 6.07) is -0.959. The van der Waals surface area contributed by atoms with Gasteiger partial charge in [-0.1, -0.05) is 0 Å². The Morgan fingerprint density at radius 2 is 1.93 bits per heavy atom. The molecule has 0 bridgehead atoms. The predicted octanol–water partition coefficient (Wildman–Crippen LogP) is -2.00. The van der Waals surface area contributed by atoms with Gasteiger partial charge in [0.15, 0.2) is 0 Å². The van der Waals surface area contributed by atoms with Crippen molar-refractivity contribution in [3.05, 3.63) is 0 Å². The number of carbonyl (C=O) groups is 2. The van der Waals surface area contributed by atoms with Crippen molar-refractivity contribution >= 4 is 23.6 Å². The zero-order valence-electron chi connectivity index (χ0n) is 8.73. The highest BCUT2D eigenvalue weighted by Crippen LogP contribution is 2.06. The van der Waals surface area contributed by atoms with Crippen molar-refractivity contribution in [2.75, 3.05) is 18.6 Å². The third-order valence-corrected chi connectivity index (χ3v) is 3.01. The first-order chi connectivity index (χ1) is 6.99. The van der Waals surface area contributed by atoms with Crippen LogP contribution in [0.2, 0.25) is 0 Å². The monoisotopic (exact) mass is 234 g/mol. The standard InChI is InChI=1S/C8H18N4O2S/c1-12-6(8(11)14)4-15-3-2-5(9)7(10)13/h5-6,12H,2-4,9H2,1H3,(H2,10,13)(H2,11,14). The number of thioether (sulfide) groups is 1. The molecule has 0 fully saturated rings. The Balaban J connectivity index is 3.61. The number of likely N-dealkylation sites (N-methyl/N-ethyl adjacent to an activating group) is 1. The van der Waals surface area contributed by atoms with Gasteiger partial charge in [-0.25, -0.2) is 0 Å². The first-order valence-electron chi connectivity index (χ1n) is 4.58. The molecule has 6 nitrogen and oxygen atoms in total. The number of hydrogen-bond donors (Lipinski definition) is 4. The van der Waals surface area contributed by atoms with E-state index in [1.165, 1.54) is 11.8 Å². The lowest BCUT2D eigenvalue weighted by atomic mass is 10.2. The van der Waals surface area contributed by atoms with Crippen LogP contribution in [0.25, 0.3) is 0 Å². The topological polar surface area (TPSA) is 124 Å². The van der Waals surface area contributed by atoms with Gasteiger partial charge in [-0.2, -0.15) is 11.8 Å². The molecule has 0 spiro atoms. The lowest BCUT2D eigenvalue weighted by Gasteiger charge is -2.12. The Morgan fingerprint density at radius 3 is 2.33 bits per heavy atom. The summed E-state index contributed by atoms with van der Waals surface area (Å²) in [6.07, 6.45) is 0.509. The highest BCUT2D eigenvalue weighted by Gasteiger charge is 2.13. The summed E-state index contributed by atoms with van der Waals surface area (Å²) in [5.74, 6) is 0.354. The number of hydrogen-bond acceptors (Lipinski definition) is 5. The molecular weight excluding hydrogens is 216 g/mol. The van der Waals surface area contributed by atoms with Gasteiger partial charge in [0.1, 0.15) is 0 Å². The van der Waals surface area contributed by atoms with Gasteiger partial charge in [0.2, 0.25) is 11.8 Å². The second-order valence-corrected chi connectivity index (χ2v) is 4.27. The maximum absolute atomic E-state index is 10.8. The second kappa shape index (κ2) is 7.49. The molecule has 0 aliphatic heterocycles. The highest BCUT2D eigenvalue weighted by molar-refractivity contribution is 7.99. The Bertz CT molecular complexity index is 225. The van der Waals surface area contributed by atoms with Crippen LogP contribution in [0.15, 0.2) is 0 Å². The highest BCUT2D eigenvalue weighted by atomic mass is 32.2. The van der Waals surface area contributed by atoms with Crippen LogP contribution in [-0.4, -0.2) is 42.5 Å². The molecule has 0 aliphatic rings. The molecule has 15 heavy (non-hydrogen) atoms. The van der Waals surface area contributed by atoms with E-state index in [0.717, 1.165) is 0 Å². The summed E-state index contributed by atoms with van der Waals surface area (Å²) in [6.45, 7) is 0. The molecule has 7 heteroatoms. The van der Waals surface area contributed by atoms with Gasteiger partial charge < -0.3 is 22.5 Å². The molecule has 0 aliphatic carbocycles. The van der Waals surface area contributed by atoms with Crippen molar-refractivity contribution in [1.82, 2.24) is 5.32 Å². The maximum atomic E-state index is 10.8. The molecule has 0 radical (unpaired) electrons. The van der Waals surface area contributed by atoms with Gasteiger partial charge in [-0.3, -0.25) is 9.59 Å². The Hall–Kier alpha value is -0.790. The third kappa shape index (κ3) is 6.32. The van der Waals surface area contributed by atoms with Crippen molar-refractivity contribution in [3.63, 3.8) is 0 Å². The SMILES string of the molecule is CNC(CSCCC(N)C(N)=O)C(N)=O. The Labute approximate surface area is 93.3 Å². The Morgan fingerprint density at radius 1 is 1.33 bits per heavy atom. The third-order valence-electron chi connectivity index (χ3n) is 1.92. The fourth-order valence-electron chi connectivity index (χ4n) is 0.861. The van der Waals surface area contributed by atoms with Crippen molar-refractivity contribution < 1.29 is 9.59 Å². The zero-order chi connectivity index (χ0) is 11.8. The molecule has 0 saturated heterocycles. The molecule has 0 saturated carbocycles. The minimum Gasteiger partial charge on any atom is -0.368 e. The summed E-state index contributed by atoms with van der Waals surface area (Å²) in [5.41, 5.74) is 15.5. The lowest BCUT2D eigenvalue weighted by molar-refractivity contribution is -0.120. The smallest absolute Gasteiger partial charge is 0.235 e. The van der Waals surface area contributed by atoms with Gasteiger partial charge in [0.25, 0.3) is 0 Å². The molecule has 0 heterocycles. The average Bonchev–Trinajstić information content (AvgIpc) is 2.16. The van der Waals surface area contributed by atoms with E-state index in [4.69, 9.17) is 17.2 Å². The van der Waals surface area contributed by atoms with Gasteiger partial charge in [-0.15, -0.1) is 0 Å². The van der Waals surface area contributed by atoms with Crippen LogP contribution >= 0.6 is 11.8 Å². The number of amides is 2. The number of nitrogens with two attached hydrogens (primary N) is 3. The van der Waals surface area contributed by atoms with Crippen LogP contribution in [0.4, 0.5) is 0 Å². The van der Waals surface area contributed by atoms with Gasteiger partial charge in [0.05, 0.1) is 12.1 Å². The maximum Gasteiger partial charge on any atom is 0.235 e. The number of rotatable bonds is 8. The van der Waals surface area contributed by atoms with Crippen LogP contribution in [-0.2, 0) is 9.59 Å². The molecule has 0 aromatic rings. The van der Waals surface area contributed by atoms with Crippen LogP contribution in [0, 0.1) is 0 Å². The number of primary amides is 2. The number of nitrogens with one attached hydrogen (secondary N) is 1.